The molecule has 2 rings (SSSR count). The Labute approximate surface area is 124 Å². The highest BCUT2D eigenvalue weighted by atomic mass is 79.9. The lowest BCUT2D eigenvalue weighted by atomic mass is 10.2. The van der Waals surface area contributed by atoms with Crippen LogP contribution in [0, 0.1) is 18.3 Å². The number of anilines is 2. The van der Waals surface area contributed by atoms with Crippen molar-refractivity contribution >= 4 is 33.4 Å². The summed E-state index contributed by atoms with van der Waals surface area (Å²) in [5.74, 6) is -0.456. The topological polar surface area (TPSA) is 86.0 Å². The van der Waals surface area contributed by atoms with Gasteiger partial charge in [-0.05, 0) is 53.2 Å². The molecule has 1 heterocycles. The fraction of sp³-hybridized carbons (Fsp3) is 0.0714. The molecule has 2 N–H and O–H groups in total. The number of pyridine rings is 1. The highest BCUT2D eigenvalue weighted by Crippen LogP contribution is 2.26. The summed E-state index contributed by atoms with van der Waals surface area (Å²) in [5.41, 5.74) is 2.11. The number of nitrogens with one attached hydrogen (secondary N) is 1. The van der Waals surface area contributed by atoms with Crippen molar-refractivity contribution in [3.05, 3.63) is 51.6 Å². The van der Waals surface area contributed by atoms with Crippen LogP contribution in [0.15, 0.2) is 34.8 Å². The Balaban J connectivity index is 2.33. The largest absolute Gasteiger partial charge is 0.478 e. The average Bonchev–Trinajstić information content (AvgIpc) is 2.40. The minimum atomic E-state index is -0.988. The first-order valence-corrected chi connectivity index (χ1v) is 6.47. The Morgan fingerprint density at radius 3 is 2.75 bits per heavy atom. The van der Waals surface area contributed by atoms with Crippen LogP contribution in [0.25, 0.3) is 0 Å². The summed E-state index contributed by atoms with van der Waals surface area (Å²) in [4.78, 5) is 15.1. The van der Waals surface area contributed by atoms with E-state index in [1.54, 1.807) is 25.1 Å². The van der Waals surface area contributed by atoms with Crippen LogP contribution in [-0.2, 0) is 0 Å². The van der Waals surface area contributed by atoms with Crippen LogP contribution >= 0.6 is 15.9 Å². The van der Waals surface area contributed by atoms with Crippen LogP contribution in [0.5, 0.6) is 0 Å². The van der Waals surface area contributed by atoms with E-state index in [4.69, 9.17) is 10.4 Å². The van der Waals surface area contributed by atoms with Gasteiger partial charge in [0.2, 0.25) is 0 Å². The first-order valence-electron chi connectivity index (χ1n) is 5.68. The number of aromatic nitrogens is 1. The first kappa shape index (κ1) is 14.0. The lowest BCUT2D eigenvalue weighted by Crippen LogP contribution is -2.00. The van der Waals surface area contributed by atoms with E-state index in [-0.39, 0.29) is 5.56 Å². The number of nitrogens with zero attached hydrogens (tertiary/aromatic N) is 2. The number of rotatable bonds is 3. The number of hydrogen-bond acceptors (Lipinski definition) is 4. The minimum Gasteiger partial charge on any atom is -0.478 e. The van der Waals surface area contributed by atoms with Gasteiger partial charge in [0.1, 0.15) is 5.82 Å². The van der Waals surface area contributed by atoms with E-state index in [0.29, 0.717) is 21.5 Å². The molecule has 0 aliphatic heterocycles. The number of hydrogen-bond donors (Lipinski definition) is 2. The second kappa shape index (κ2) is 5.72. The van der Waals surface area contributed by atoms with E-state index in [0.717, 1.165) is 5.69 Å². The van der Waals surface area contributed by atoms with Crippen LogP contribution < -0.4 is 5.32 Å². The van der Waals surface area contributed by atoms with E-state index < -0.39 is 5.97 Å². The Morgan fingerprint density at radius 1 is 1.40 bits per heavy atom. The summed E-state index contributed by atoms with van der Waals surface area (Å²) < 4.78 is 0.610. The average molecular weight is 332 g/mol. The molecule has 2 aromatic rings. The minimum absolute atomic E-state index is 0.192. The fourth-order valence-corrected chi connectivity index (χ4v) is 2.16. The Kier molecular flexibility index (Phi) is 4.01. The summed E-state index contributed by atoms with van der Waals surface area (Å²) in [5, 5.41) is 20.9. The molecule has 0 aliphatic carbocycles. The number of benzene rings is 1. The molecule has 0 aliphatic rings. The van der Waals surface area contributed by atoms with Gasteiger partial charge in [-0.1, -0.05) is 0 Å². The summed E-state index contributed by atoms with van der Waals surface area (Å²) >= 11 is 3.31. The van der Waals surface area contributed by atoms with Gasteiger partial charge in [0.15, 0.2) is 0 Å². The summed E-state index contributed by atoms with van der Waals surface area (Å²) in [7, 11) is 0. The molecule has 0 bridgehead atoms. The van der Waals surface area contributed by atoms with Gasteiger partial charge in [-0.25, -0.2) is 9.78 Å². The van der Waals surface area contributed by atoms with E-state index in [1.807, 2.05) is 0 Å². The first-order chi connectivity index (χ1) is 9.49. The van der Waals surface area contributed by atoms with E-state index in [9.17, 15) is 4.79 Å². The molecular weight excluding hydrogens is 322 g/mol. The van der Waals surface area contributed by atoms with Gasteiger partial charge in [0.25, 0.3) is 0 Å². The van der Waals surface area contributed by atoms with Crippen LogP contribution in [0.2, 0.25) is 0 Å². The van der Waals surface area contributed by atoms with Crippen LogP contribution in [0.1, 0.15) is 21.6 Å². The highest BCUT2D eigenvalue weighted by Gasteiger charge is 2.08. The lowest BCUT2D eigenvalue weighted by Gasteiger charge is -2.09. The molecule has 0 fully saturated rings. The maximum absolute atomic E-state index is 10.9. The normalized spacial score (nSPS) is 9.85. The predicted molar refractivity (Wildman–Crippen MR) is 78.1 cm³/mol. The standard InChI is InChI=1S/C14H10BrN3O2/c1-8-4-9(7-16)5-13(17-8)18-12-3-2-10(14(19)20)6-11(12)15/h2-6H,1H3,(H,17,18)(H,19,20). The molecule has 1 aromatic heterocycles. The molecule has 0 saturated carbocycles. The third kappa shape index (κ3) is 3.13. The van der Waals surface area contributed by atoms with Crippen LogP contribution in [-0.4, -0.2) is 16.1 Å². The molecule has 0 saturated heterocycles. The Morgan fingerprint density at radius 2 is 2.15 bits per heavy atom. The summed E-state index contributed by atoms with van der Waals surface area (Å²) in [6, 6.07) is 10.0. The lowest BCUT2D eigenvalue weighted by molar-refractivity contribution is 0.0697. The van der Waals surface area contributed by atoms with Crippen molar-refractivity contribution in [2.24, 2.45) is 0 Å². The van der Waals surface area contributed by atoms with Gasteiger partial charge >= 0.3 is 5.97 Å². The van der Waals surface area contributed by atoms with Crippen molar-refractivity contribution in [1.29, 1.82) is 5.26 Å². The number of aryl methyl sites for hydroxylation is 1. The molecule has 0 amide bonds. The summed E-state index contributed by atoms with van der Waals surface area (Å²) in [6.07, 6.45) is 0. The third-order valence-corrected chi connectivity index (χ3v) is 3.22. The molecule has 1 aromatic carbocycles. The van der Waals surface area contributed by atoms with Crippen molar-refractivity contribution in [1.82, 2.24) is 4.98 Å². The highest BCUT2D eigenvalue weighted by molar-refractivity contribution is 9.10. The number of halogens is 1. The van der Waals surface area contributed by atoms with Crippen molar-refractivity contribution in [3.63, 3.8) is 0 Å². The van der Waals surface area contributed by atoms with Gasteiger partial charge in [0, 0.05) is 10.2 Å². The molecule has 20 heavy (non-hydrogen) atoms. The van der Waals surface area contributed by atoms with Gasteiger partial charge in [-0.3, -0.25) is 0 Å². The van der Waals surface area contributed by atoms with Crippen molar-refractivity contribution in [2.45, 2.75) is 6.92 Å². The van der Waals surface area contributed by atoms with E-state index >= 15 is 0 Å². The van der Waals surface area contributed by atoms with Crippen LogP contribution in [0.3, 0.4) is 0 Å². The molecule has 6 heteroatoms. The SMILES string of the molecule is Cc1cc(C#N)cc(Nc2ccc(C(=O)O)cc2Br)n1. The zero-order chi connectivity index (χ0) is 14.7. The van der Waals surface area contributed by atoms with Crippen LogP contribution in [0.4, 0.5) is 11.5 Å². The van der Waals surface area contributed by atoms with Gasteiger partial charge in [-0.2, -0.15) is 5.26 Å². The fourth-order valence-electron chi connectivity index (χ4n) is 1.68. The Bertz CT molecular complexity index is 723. The van der Waals surface area contributed by atoms with E-state index in [2.05, 4.69) is 32.3 Å². The second-order valence-corrected chi connectivity index (χ2v) is 4.97. The number of nitriles is 1. The van der Waals surface area contributed by atoms with Gasteiger partial charge in [-0.15, -0.1) is 0 Å². The molecule has 0 spiro atoms. The van der Waals surface area contributed by atoms with Crippen molar-refractivity contribution < 1.29 is 9.90 Å². The molecule has 0 radical (unpaired) electrons. The monoisotopic (exact) mass is 331 g/mol. The molecule has 0 unspecified atom stereocenters. The number of carbonyl (C=O) groups is 1. The Hall–Kier alpha value is -2.39. The smallest absolute Gasteiger partial charge is 0.335 e. The number of carboxylic acids is 1. The quantitative estimate of drug-likeness (QED) is 0.899. The van der Waals surface area contributed by atoms with E-state index in [1.165, 1.54) is 12.1 Å². The van der Waals surface area contributed by atoms with Crippen molar-refractivity contribution in [2.75, 3.05) is 5.32 Å². The second-order valence-electron chi connectivity index (χ2n) is 4.12. The molecular formula is C14H10BrN3O2. The number of carboxylic acid groups (broad SMARTS) is 1. The van der Waals surface area contributed by atoms with Gasteiger partial charge < -0.3 is 10.4 Å². The molecule has 100 valence electrons. The maximum atomic E-state index is 10.9. The zero-order valence-electron chi connectivity index (χ0n) is 10.5. The number of aromatic carboxylic acids is 1. The maximum Gasteiger partial charge on any atom is 0.335 e. The molecule has 5 nitrogen and oxygen atoms in total. The summed E-state index contributed by atoms with van der Waals surface area (Å²) in [6.45, 7) is 1.80. The third-order valence-electron chi connectivity index (χ3n) is 2.56. The van der Waals surface area contributed by atoms with Gasteiger partial charge in [0.05, 0.1) is 22.9 Å². The predicted octanol–water partition coefficient (Wildman–Crippen LogP) is 3.47. The van der Waals surface area contributed by atoms with Crippen molar-refractivity contribution in [3.8, 4) is 6.07 Å². The molecule has 0 atom stereocenters. The zero-order valence-corrected chi connectivity index (χ0v) is 12.1.